The summed E-state index contributed by atoms with van der Waals surface area (Å²) in [5.41, 5.74) is 2.08. The van der Waals surface area contributed by atoms with Gasteiger partial charge in [0.2, 0.25) is 0 Å². The zero-order valence-corrected chi connectivity index (χ0v) is 14.7. The van der Waals surface area contributed by atoms with Crippen LogP contribution in [0.5, 0.6) is 5.75 Å². The van der Waals surface area contributed by atoms with Crippen molar-refractivity contribution in [3.8, 4) is 5.75 Å². The number of ether oxygens (including phenoxy) is 1. The summed E-state index contributed by atoms with van der Waals surface area (Å²) in [5.74, 6) is -0.219. The highest BCUT2D eigenvalue weighted by atomic mass is 19.1. The smallest absolute Gasteiger partial charge is 0.167 e. The van der Waals surface area contributed by atoms with Gasteiger partial charge in [-0.3, -0.25) is 4.68 Å². The second kappa shape index (κ2) is 7.61. The number of rotatable bonds is 7. The van der Waals surface area contributed by atoms with Gasteiger partial charge in [0.15, 0.2) is 11.6 Å². The first kappa shape index (κ1) is 18.2. The molecule has 2 rings (SSSR count). The van der Waals surface area contributed by atoms with Crippen molar-refractivity contribution in [2.75, 3.05) is 25.6 Å². The van der Waals surface area contributed by atoms with E-state index < -0.39 is 11.6 Å². The average molecular weight is 338 g/mol. The van der Waals surface area contributed by atoms with Crippen molar-refractivity contribution in [1.82, 2.24) is 15.1 Å². The van der Waals surface area contributed by atoms with Gasteiger partial charge in [0.05, 0.1) is 5.69 Å². The van der Waals surface area contributed by atoms with Gasteiger partial charge >= 0.3 is 0 Å². The topological polar surface area (TPSA) is 42.3 Å². The van der Waals surface area contributed by atoms with E-state index in [0.29, 0.717) is 6.54 Å². The van der Waals surface area contributed by atoms with Gasteiger partial charge in [-0.2, -0.15) is 5.10 Å². The highest BCUT2D eigenvalue weighted by Crippen LogP contribution is 2.21. The summed E-state index contributed by atoms with van der Waals surface area (Å²) >= 11 is 0. The van der Waals surface area contributed by atoms with Crippen LogP contribution < -0.4 is 15.0 Å². The second-order valence-electron chi connectivity index (χ2n) is 6.07. The van der Waals surface area contributed by atoms with Gasteiger partial charge < -0.3 is 15.0 Å². The largest absolute Gasteiger partial charge is 0.489 e. The molecule has 0 bridgehead atoms. The van der Waals surface area contributed by atoms with Crippen LogP contribution in [0.25, 0.3) is 0 Å². The van der Waals surface area contributed by atoms with Gasteiger partial charge in [-0.1, -0.05) is 0 Å². The van der Waals surface area contributed by atoms with Gasteiger partial charge in [0, 0.05) is 45.4 Å². The molecule has 1 atom stereocenters. The number of hydrogen-bond donors (Lipinski definition) is 1. The van der Waals surface area contributed by atoms with E-state index in [9.17, 15) is 8.78 Å². The van der Waals surface area contributed by atoms with Crippen molar-refractivity contribution in [1.29, 1.82) is 0 Å². The summed E-state index contributed by atoms with van der Waals surface area (Å²) in [4.78, 5) is 2.02. The van der Waals surface area contributed by atoms with Gasteiger partial charge in [-0.25, -0.2) is 8.78 Å². The van der Waals surface area contributed by atoms with Crippen molar-refractivity contribution >= 4 is 5.82 Å². The number of nitrogens with zero attached hydrogens (tertiary/aromatic N) is 3. The lowest BCUT2D eigenvalue weighted by Crippen LogP contribution is -2.32. The highest BCUT2D eigenvalue weighted by molar-refractivity contribution is 5.48. The molecule has 0 aliphatic rings. The van der Waals surface area contributed by atoms with Crippen molar-refractivity contribution in [3.05, 3.63) is 41.1 Å². The lowest BCUT2D eigenvalue weighted by Gasteiger charge is -2.18. The number of benzene rings is 1. The predicted octanol–water partition coefficient (Wildman–Crippen LogP) is 2.63. The summed E-state index contributed by atoms with van der Waals surface area (Å²) in [6, 6.07) is 3.28. The fourth-order valence-corrected chi connectivity index (χ4v) is 2.60. The molecule has 0 amide bonds. The maximum absolute atomic E-state index is 13.5. The van der Waals surface area contributed by atoms with Crippen LogP contribution in [0, 0.1) is 18.6 Å². The summed E-state index contributed by atoms with van der Waals surface area (Å²) in [6.07, 6.45) is 0. The molecule has 1 aromatic carbocycles. The Kier molecular flexibility index (Phi) is 5.77. The first-order valence-electron chi connectivity index (χ1n) is 7.80. The van der Waals surface area contributed by atoms with E-state index in [2.05, 4.69) is 10.4 Å². The second-order valence-corrected chi connectivity index (χ2v) is 6.07. The fourth-order valence-electron chi connectivity index (χ4n) is 2.60. The molecule has 1 aromatic heterocycles. The molecule has 2 aromatic rings. The Bertz CT molecular complexity index is 700. The van der Waals surface area contributed by atoms with Gasteiger partial charge in [0.25, 0.3) is 0 Å². The fraction of sp³-hybridized carbons (Fsp3) is 0.471. The lowest BCUT2D eigenvalue weighted by atomic mass is 10.2. The van der Waals surface area contributed by atoms with E-state index in [4.69, 9.17) is 4.74 Å². The average Bonchev–Trinajstić information content (AvgIpc) is 2.78. The first-order chi connectivity index (χ1) is 11.3. The van der Waals surface area contributed by atoms with E-state index in [0.717, 1.165) is 23.1 Å². The van der Waals surface area contributed by atoms with Gasteiger partial charge in [0.1, 0.15) is 18.2 Å². The van der Waals surface area contributed by atoms with Crippen molar-refractivity contribution in [3.63, 3.8) is 0 Å². The summed E-state index contributed by atoms with van der Waals surface area (Å²) < 4.78 is 33.7. The normalized spacial score (nSPS) is 12.3. The molecule has 24 heavy (non-hydrogen) atoms. The van der Waals surface area contributed by atoms with E-state index >= 15 is 0 Å². The molecule has 0 saturated carbocycles. The van der Waals surface area contributed by atoms with Gasteiger partial charge in [-0.15, -0.1) is 0 Å². The number of anilines is 1. The minimum Gasteiger partial charge on any atom is -0.489 e. The van der Waals surface area contributed by atoms with Crippen LogP contribution in [0.3, 0.4) is 0 Å². The Morgan fingerprint density at radius 2 is 2.04 bits per heavy atom. The zero-order chi connectivity index (χ0) is 17.9. The van der Waals surface area contributed by atoms with Crippen LogP contribution in [0.4, 0.5) is 14.6 Å². The molecule has 0 aliphatic heterocycles. The molecule has 0 aliphatic carbocycles. The Balaban J connectivity index is 1.93. The van der Waals surface area contributed by atoms with Crippen LogP contribution in [-0.4, -0.2) is 36.5 Å². The molecule has 0 saturated heterocycles. The summed E-state index contributed by atoms with van der Waals surface area (Å²) in [5, 5.41) is 7.79. The molecule has 0 unspecified atom stereocenters. The first-order valence-corrected chi connectivity index (χ1v) is 7.80. The zero-order valence-electron chi connectivity index (χ0n) is 14.7. The quantitative estimate of drug-likeness (QED) is 0.843. The van der Waals surface area contributed by atoms with Crippen molar-refractivity contribution in [2.24, 2.45) is 7.05 Å². The van der Waals surface area contributed by atoms with E-state index in [1.807, 2.05) is 44.6 Å². The van der Waals surface area contributed by atoms with E-state index in [1.165, 1.54) is 12.1 Å². The van der Waals surface area contributed by atoms with Crippen LogP contribution in [0.15, 0.2) is 18.2 Å². The highest BCUT2D eigenvalue weighted by Gasteiger charge is 2.16. The molecule has 0 spiro atoms. The third-order valence-electron chi connectivity index (χ3n) is 3.75. The molecular formula is C17H24F2N4O. The Labute approximate surface area is 141 Å². The molecular weight excluding hydrogens is 314 g/mol. The number of hydrogen-bond acceptors (Lipinski definition) is 4. The number of aromatic nitrogens is 2. The standard InChI is InChI=1S/C17H24F2N4O/c1-11(10-24-16-7-6-13(18)8-15(16)19)20-9-14-12(2)21-23(5)17(14)22(3)4/h6-8,11,20H,9-10H2,1-5H3/t11-/m0/s1. The Morgan fingerprint density at radius 3 is 2.67 bits per heavy atom. The minimum atomic E-state index is -0.694. The predicted molar refractivity (Wildman–Crippen MR) is 90.4 cm³/mol. The van der Waals surface area contributed by atoms with E-state index in [1.54, 1.807) is 0 Å². The molecule has 0 radical (unpaired) electrons. The van der Waals surface area contributed by atoms with Crippen molar-refractivity contribution < 1.29 is 13.5 Å². The minimum absolute atomic E-state index is 0.0101. The van der Waals surface area contributed by atoms with E-state index in [-0.39, 0.29) is 18.4 Å². The van der Waals surface area contributed by atoms with Crippen LogP contribution in [0.1, 0.15) is 18.2 Å². The SMILES string of the molecule is Cc1nn(C)c(N(C)C)c1CN[C@@H](C)COc1ccc(F)cc1F. The van der Waals surface area contributed by atoms with Crippen LogP contribution >= 0.6 is 0 Å². The van der Waals surface area contributed by atoms with Crippen LogP contribution in [0.2, 0.25) is 0 Å². The Morgan fingerprint density at radius 1 is 1.33 bits per heavy atom. The molecule has 7 heteroatoms. The lowest BCUT2D eigenvalue weighted by molar-refractivity contribution is 0.260. The monoisotopic (exact) mass is 338 g/mol. The summed E-state index contributed by atoms with van der Waals surface area (Å²) in [6.45, 7) is 4.82. The Hall–Kier alpha value is -2.15. The molecule has 1 heterocycles. The van der Waals surface area contributed by atoms with Crippen LogP contribution in [-0.2, 0) is 13.6 Å². The molecule has 0 fully saturated rings. The van der Waals surface area contributed by atoms with Crippen molar-refractivity contribution in [2.45, 2.75) is 26.4 Å². The number of aryl methyl sites for hydroxylation is 2. The molecule has 132 valence electrons. The maximum atomic E-state index is 13.5. The third-order valence-corrected chi connectivity index (χ3v) is 3.75. The third kappa shape index (κ3) is 4.23. The van der Waals surface area contributed by atoms with Gasteiger partial charge in [-0.05, 0) is 26.0 Å². The summed E-state index contributed by atoms with van der Waals surface area (Å²) in [7, 11) is 5.86. The maximum Gasteiger partial charge on any atom is 0.167 e. The number of halogens is 2. The molecule has 5 nitrogen and oxygen atoms in total. The number of nitrogens with one attached hydrogen (secondary N) is 1. The molecule has 1 N–H and O–H groups in total.